The predicted molar refractivity (Wildman–Crippen MR) is 62.2 cm³/mol. The van der Waals surface area contributed by atoms with Crippen LogP contribution in [0.15, 0.2) is 18.3 Å². The molecule has 0 aromatic carbocycles. The Hall–Kier alpha value is -1.42. The van der Waals surface area contributed by atoms with Crippen molar-refractivity contribution in [3.63, 3.8) is 0 Å². The number of rotatable bonds is 4. The van der Waals surface area contributed by atoms with Gasteiger partial charge in [0, 0.05) is 30.0 Å². The zero-order valence-corrected chi connectivity index (χ0v) is 9.97. The normalized spacial score (nSPS) is 10.6. The Balaban J connectivity index is 2.90. The molecule has 16 heavy (non-hydrogen) atoms. The standard InChI is InChI=1S/C12H18N2O2/c1-9(2)14(6-7-15)12(16)11-4-5-13-10(3)8-11/h4-5,8-9,15H,6-7H2,1-3H3. The molecule has 1 heterocycles. The zero-order chi connectivity index (χ0) is 12.1. The van der Waals surface area contributed by atoms with E-state index >= 15 is 0 Å². The third kappa shape index (κ3) is 3.03. The number of aromatic nitrogens is 1. The topological polar surface area (TPSA) is 53.4 Å². The van der Waals surface area contributed by atoms with Crippen molar-refractivity contribution in [2.75, 3.05) is 13.2 Å². The van der Waals surface area contributed by atoms with Gasteiger partial charge in [-0.3, -0.25) is 9.78 Å². The Morgan fingerprint density at radius 2 is 2.25 bits per heavy atom. The van der Waals surface area contributed by atoms with E-state index in [1.54, 1.807) is 23.2 Å². The molecule has 0 bridgehead atoms. The van der Waals surface area contributed by atoms with Crippen molar-refractivity contribution in [1.29, 1.82) is 0 Å². The number of pyridine rings is 1. The van der Waals surface area contributed by atoms with E-state index in [0.717, 1.165) is 5.69 Å². The molecule has 1 aromatic heterocycles. The third-order valence-electron chi connectivity index (χ3n) is 2.37. The Bertz CT molecular complexity index is 364. The van der Waals surface area contributed by atoms with Gasteiger partial charge >= 0.3 is 0 Å². The van der Waals surface area contributed by atoms with Crippen molar-refractivity contribution < 1.29 is 9.90 Å². The molecule has 0 saturated carbocycles. The summed E-state index contributed by atoms with van der Waals surface area (Å²) in [6, 6.07) is 3.53. The minimum absolute atomic E-state index is 0.0199. The Kier molecular flexibility index (Phi) is 4.43. The fourth-order valence-corrected chi connectivity index (χ4v) is 1.55. The molecule has 1 amide bonds. The van der Waals surface area contributed by atoms with Crippen molar-refractivity contribution in [3.8, 4) is 0 Å². The van der Waals surface area contributed by atoms with Gasteiger partial charge in [-0.2, -0.15) is 0 Å². The zero-order valence-electron chi connectivity index (χ0n) is 9.97. The minimum Gasteiger partial charge on any atom is -0.395 e. The molecular formula is C12H18N2O2. The summed E-state index contributed by atoms with van der Waals surface area (Å²) >= 11 is 0. The maximum Gasteiger partial charge on any atom is 0.254 e. The van der Waals surface area contributed by atoms with Crippen LogP contribution in [0, 0.1) is 6.92 Å². The highest BCUT2D eigenvalue weighted by molar-refractivity contribution is 5.94. The highest BCUT2D eigenvalue weighted by Crippen LogP contribution is 2.08. The fourth-order valence-electron chi connectivity index (χ4n) is 1.55. The van der Waals surface area contributed by atoms with Crippen LogP contribution in [0.5, 0.6) is 0 Å². The van der Waals surface area contributed by atoms with Gasteiger partial charge in [0.15, 0.2) is 0 Å². The molecule has 0 unspecified atom stereocenters. The van der Waals surface area contributed by atoms with Gasteiger partial charge in [0.25, 0.3) is 5.91 Å². The Morgan fingerprint density at radius 3 is 2.75 bits per heavy atom. The largest absolute Gasteiger partial charge is 0.395 e. The lowest BCUT2D eigenvalue weighted by atomic mass is 10.2. The quantitative estimate of drug-likeness (QED) is 0.833. The van der Waals surface area contributed by atoms with Gasteiger partial charge < -0.3 is 10.0 Å². The summed E-state index contributed by atoms with van der Waals surface area (Å²) in [5, 5.41) is 8.93. The van der Waals surface area contributed by atoms with Crippen molar-refractivity contribution >= 4 is 5.91 Å². The molecule has 0 saturated heterocycles. The second kappa shape index (κ2) is 5.61. The second-order valence-corrected chi connectivity index (χ2v) is 4.00. The van der Waals surface area contributed by atoms with Gasteiger partial charge in [-0.15, -0.1) is 0 Å². The number of hydrogen-bond acceptors (Lipinski definition) is 3. The van der Waals surface area contributed by atoms with Gasteiger partial charge in [0.05, 0.1) is 6.61 Å². The summed E-state index contributed by atoms with van der Waals surface area (Å²) in [5.74, 6) is -0.0606. The van der Waals surface area contributed by atoms with Crippen LogP contribution in [-0.2, 0) is 0 Å². The molecule has 1 N–H and O–H groups in total. The highest BCUT2D eigenvalue weighted by atomic mass is 16.3. The molecule has 0 aliphatic heterocycles. The predicted octanol–water partition coefficient (Wildman–Crippen LogP) is 1.23. The molecule has 4 heteroatoms. The molecule has 88 valence electrons. The molecule has 1 aromatic rings. The van der Waals surface area contributed by atoms with E-state index in [0.29, 0.717) is 12.1 Å². The Labute approximate surface area is 95.9 Å². The number of aryl methyl sites for hydroxylation is 1. The van der Waals surface area contributed by atoms with Gasteiger partial charge in [-0.1, -0.05) is 0 Å². The van der Waals surface area contributed by atoms with E-state index < -0.39 is 0 Å². The van der Waals surface area contributed by atoms with E-state index in [4.69, 9.17) is 5.11 Å². The van der Waals surface area contributed by atoms with Crippen LogP contribution in [0.4, 0.5) is 0 Å². The lowest BCUT2D eigenvalue weighted by Crippen LogP contribution is -2.39. The van der Waals surface area contributed by atoms with Gasteiger partial charge in [-0.25, -0.2) is 0 Å². The monoisotopic (exact) mass is 222 g/mol. The third-order valence-corrected chi connectivity index (χ3v) is 2.37. The molecule has 0 aliphatic carbocycles. The SMILES string of the molecule is Cc1cc(C(=O)N(CCO)C(C)C)ccn1. The van der Waals surface area contributed by atoms with Crippen LogP contribution in [0.2, 0.25) is 0 Å². The molecule has 1 rings (SSSR count). The van der Waals surface area contributed by atoms with Crippen molar-refractivity contribution in [3.05, 3.63) is 29.6 Å². The molecular weight excluding hydrogens is 204 g/mol. The number of aliphatic hydroxyl groups is 1. The van der Waals surface area contributed by atoms with Crippen molar-refractivity contribution in [2.45, 2.75) is 26.8 Å². The molecule has 0 spiro atoms. The average Bonchev–Trinajstić information content (AvgIpc) is 2.24. The molecule has 0 atom stereocenters. The maximum atomic E-state index is 12.1. The van der Waals surface area contributed by atoms with Crippen LogP contribution in [-0.4, -0.2) is 40.1 Å². The van der Waals surface area contributed by atoms with E-state index in [-0.39, 0.29) is 18.6 Å². The van der Waals surface area contributed by atoms with Crippen molar-refractivity contribution in [1.82, 2.24) is 9.88 Å². The van der Waals surface area contributed by atoms with Gasteiger partial charge in [0.1, 0.15) is 0 Å². The van der Waals surface area contributed by atoms with Crippen LogP contribution in [0.25, 0.3) is 0 Å². The van der Waals surface area contributed by atoms with Crippen LogP contribution >= 0.6 is 0 Å². The molecule has 0 aliphatic rings. The molecule has 0 fully saturated rings. The lowest BCUT2D eigenvalue weighted by Gasteiger charge is -2.26. The van der Waals surface area contributed by atoms with Crippen molar-refractivity contribution in [2.24, 2.45) is 0 Å². The summed E-state index contributed by atoms with van der Waals surface area (Å²) < 4.78 is 0. The van der Waals surface area contributed by atoms with Crippen LogP contribution in [0.3, 0.4) is 0 Å². The summed E-state index contributed by atoms with van der Waals surface area (Å²) in [4.78, 5) is 17.8. The smallest absolute Gasteiger partial charge is 0.254 e. The first-order valence-electron chi connectivity index (χ1n) is 5.40. The average molecular weight is 222 g/mol. The Morgan fingerprint density at radius 1 is 1.56 bits per heavy atom. The fraction of sp³-hybridized carbons (Fsp3) is 0.500. The van der Waals surface area contributed by atoms with E-state index in [9.17, 15) is 4.79 Å². The summed E-state index contributed by atoms with van der Waals surface area (Å²) in [7, 11) is 0. The number of carbonyl (C=O) groups excluding carboxylic acids is 1. The number of nitrogens with zero attached hydrogens (tertiary/aromatic N) is 2. The van der Waals surface area contributed by atoms with Crippen LogP contribution < -0.4 is 0 Å². The second-order valence-electron chi connectivity index (χ2n) is 4.00. The molecule has 0 radical (unpaired) electrons. The summed E-state index contributed by atoms with van der Waals surface area (Å²) in [5.41, 5.74) is 1.44. The first-order valence-corrected chi connectivity index (χ1v) is 5.40. The summed E-state index contributed by atoms with van der Waals surface area (Å²) in [6.45, 7) is 6.05. The maximum absolute atomic E-state index is 12.1. The number of amides is 1. The lowest BCUT2D eigenvalue weighted by molar-refractivity contribution is 0.0665. The van der Waals surface area contributed by atoms with E-state index in [2.05, 4.69) is 4.98 Å². The van der Waals surface area contributed by atoms with E-state index in [1.165, 1.54) is 0 Å². The minimum atomic E-state index is -0.0606. The number of hydrogen-bond donors (Lipinski definition) is 1. The number of aliphatic hydroxyl groups excluding tert-OH is 1. The van der Waals surface area contributed by atoms with Crippen LogP contribution in [0.1, 0.15) is 29.9 Å². The van der Waals surface area contributed by atoms with Gasteiger partial charge in [-0.05, 0) is 32.9 Å². The summed E-state index contributed by atoms with van der Waals surface area (Å²) in [6.07, 6.45) is 1.63. The first-order chi connectivity index (χ1) is 7.56. The first kappa shape index (κ1) is 12.6. The molecule has 4 nitrogen and oxygen atoms in total. The number of carbonyl (C=O) groups is 1. The van der Waals surface area contributed by atoms with Gasteiger partial charge in [0.2, 0.25) is 0 Å². The van der Waals surface area contributed by atoms with E-state index in [1.807, 2.05) is 20.8 Å². The highest BCUT2D eigenvalue weighted by Gasteiger charge is 2.18.